The largest absolute Gasteiger partial charge is 0.224 e. The molecule has 2 nitrogen and oxygen atoms in total. The van der Waals surface area contributed by atoms with Crippen molar-refractivity contribution in [2.45, 2.75) is 18.0 Å². The van der Waals surface area contributed by atoms with Crippen LogP contribution in [0.3, 0.4) is 0 Å². The fourth-order valence-electron chi connectivity index (χ4n) is 2.18. The molecule has 2 rings (SSSR count). The molecule has 0 aliphatic rings. The van der Waals surface area contributed by atoms with Crippen molar-refractivity contribution in [3.63, 3.8) is 0 Å². The van der Waals surface area contributed by atoms with Gasteiger partial charge in [0.05, 0.1) is 0 Å². The summed E-state index contributed by atoms with van der Waals surface area (Å²) < 4.78 is 23.6. The van der Waals surface area contributed by atoms with Crippen LogP contribution in [0, 0.1) is 0 Å². The summed E-state index contributed by atoms with van der Waals surface area (Å²) in [5, 5.41) is 1.10. The van der Waals surface area contributed by atoms with Gasteiger partial charge in [0.25, 0.3) is 0 Å². The summed E-state index contributed by atoms with van der Waals surface area (Å²) in [5.41, 5.74) is 1.56. The van der Waals surface area contributed by atoms with Crippen molar-refractivity contribution >= 4 is 96.8 Å². The third kappa shape index (κ3) is 5.46. The van der Waals surface area contributed by atoms with Gasteiger partial charge in [-0.05, 0) is 35.4 Å². The van der Waals surface area contributed by atoms with Crippen molar-refractivity contribution in [1.29, 1.82) is 0 Å². The average Bonchev–Trinajstić information content (AvgIpc) is 2.45. The summed E-state index contributed by atoms with van der Waals surface area (Å²) in [7, 11) is -3.78. The summed E-state index contributed by atoms with van der Waals surface area (Å²) in [5.74, 6) is 0. The minimum atomic E-state index is -3.78. The van der Waals surface area contributed by atoms with Gasteiger partial charge in [-0.3, -0.25) is 0 Å². The lowest BCUT2D eigenvalue weighted by molar-refractivity contribution is 0.585. The van der Waals surface area contributed by atoms with Crippen LogP contribution in [0.1, 0.15) is 11.1 Å². The molecule has 25 heavy (non-hydrogen) atoms. The van der Waals surface area contributed by atoms with Crippen LogP contribution >= 0.6 is 86.9 Å². The first-order valence-corrected chi connectivity index (χ1v) is 12.3. The normalized spacial score (nSPS) is 13.0. The van der Waals surface area contributed by atoms with E-state index in [1.54, 1.807) is 36.4 Å². The third-order valence-corrected chi connectivity index (χ3v) is 12.0. The maximum absolute atomic E-state index is 13.2. The van der Waals surface area contributed by atoms with Gasteiger partial charge in [-0.15, -0.1) is 0 Å². The van der Waals surface area contributed by atoms with Gasteiger partial charge < -0.3 is 0 Å². The van der Waals surface area contributed by atoms with Crippen LogP contribution in [0.5, 0.6) is 0 Å². The van der Waals surface area contributed by atoms with E-state index in [0.717, 1.165) is 11.1 Å². The number of sulfone groups is 1. The lowest BCUT2D eigenvalue weighted by Gasteiger charge is -2.30. The zero-order valence-corrected chi connectivity index (χ0v) is 21.2. The lowest BCUT2D eigenvalue weighted by atomic mass is 10.2. The Kier molecular flexibility index (Phi) is 7.54. The highest BCUT2D eigenvalue weighted by molar-refractivity contribution is 9.31. The van der Waals surface area contributed by atoms with E-state index >= 15 is 0 Å². The van der Waals surface area contributed by atoms with Crippen molar-refractivity contribution in [2.75, 3.05) is 0 Å². The molecule has 0 saturated carbocycles. The predicted molar refractivity (Wildman–Crippen MR) is 120 cm³/mol. The SMILES string of the molecule is O=S(=O)(C(Br)(Br)Cc1cccc(Cl)c1)C(Br)(Br)Cc1cccc(Cl)c1. The molecule has 0 bridgehead atoms. The second-order valence-electron chi connectivity index (χ2n) is 5.39. The molecule has 136 valence electrons. The number of alkyl halides is 4. The summed E-state index contributed by atoms with van der Waals surface area (Å²) in [4.78, 5) is 0. The summed E-state index contributed by atoms with van der Waals surface area (Å²) in [6, 6.07) is 14.1. The van der Waals surface area contributed by atoms with Crippen LogP contribution < -0.4 is 0 Å². The van der Waals surface area contributed by atoms with Gasteiger partial charge in [-0.2, -0.15) is 0 Å². The molecule has 0 N–H and O–H groups in total. The zero-order valence-electron chi connectivity index (χ0n) is 12.5. The Balaban J connectivity index is 2.30. The van der Waals surface area contributed by atoms with Gasteiger partial charge in [-0.1, -0.05) is 111 Å². The minimum absolute atomic E-state index is 0.185. The Morgan fingerprint density at radius 1 is 0.760 bits per heavy atom. The van der Waals surface area contributed by atoms with E-state index in [1.165, 1.54) is 0 Å². The topological polar surface area (TPSA) is 34.1 Å². The Hall–Kier alpha value is 0.890. The predicted octanol–water partition coefficient (Wildman–Crippen LogP) is 7.08. The minimum Gasteiger partial charge on any atom is -0.224 e. The van der Waals surface area contributed by atoms with Gasteiger partial charge in [0.15, 0.2) is 5.13 Å². The molecule has 0 radical (unpaired) electrons. The average molecular weight is 659 g/mol. The molecule has 9 heteroatoms. The molecule has 0 saturated heterocycles. The van der Waals surface area contributed by atoms with E-state index in [2.05, 4.69) is 63.7 Å². The maximum atomic E-state index is 13.2. The van der Waals surface area contributed by atoms with Gasteiger partial charge in [-0.25, -0.2) is 8.42 Å². The van der Waals surface area contributed by atoms with Crippen molar-refractivity contribution in [3.05, 3.63) is 69.7 Å². The molecule has 0 unspecified atom stereocenters. The van der Waals surface area contributed by atoms with Gasteiger partial charge in [0.1, 0.15) is 0 Å². The lowest BCUT2D eigenvalue weighted by Crippen LogP contribution is -2.40. The van der Waals surface area contributed by atoms with Crippen LogP contribution in [-0.2, 0) is 22.7 Å². The second-order valence-corrected chi connectivity index (χ2v) is 18.3. The Morgan fingerprint density at radius 2 is 1.12 bits per heavy atom. The molecule has 0 spiro atoms. The monoisotopic (exact) mass is 654 g/mol. The second kappa shape index (κ2) is 8.50. The standard InChI is InChI=1S/C16H12Br4Cl2O2S/c17-15(18,9-11-3-1-5-13(21)7-11)25(23,24)16(19,20)10-12-4-2-6-14(22)8-12/h1-8H,9-10H2. The van der Waals surface area contributed by atoms with E-state index in [9.17, 15) is 8.42 Å². The van der Waals surface area contributed by atoms with Crippen LogP contribution in [-0.4, -0.2) is 13.5 Å². The molecule has 0 aromatic heterocycles. The first kappa shape index (κ1) is 22.2. The molecular formula is C16H12Br4Cl2O2S. The maximum Gasteiger partial charge on any atom is 0.202 e. The number of benzene rings is 2. The van der Waals surface area contributed by atoms with Crippen molar-refractivity contribution < 1.29 is 8.42 Å². The highest BCUT2D eigenvalue weighted by atomic mass is 79.9. The molecule has 0 fully saturated rings. The van der Waals surface area contributed by atoms with Gasteiger partial charge in [0.2, 0.25) is 9.84 Å². The third-order valence-electron chi connectivity index (χ3n) is 3.38. The number of hydrogen-bond acceptors (Lipinski definition) is 2. The van der Waals surface area contributed by atoms with Gasteiger partial charge in [0, 0.05) is 22.9 Å². The van der Waals surface area contributed by atoms with E-state index < -0.39 is 15.0 Å². The summed E-state index contributed by atoms with van der Waals surface area (Å²) >= 11 is 25.3. The van der Waals surface area contributed by atoms with Gasteiger partial charge >= 0.3 is 0 Å². The van der Waals surface area contributed by atoms with Crippen LogP contribution in [0.2, 0.25) is 10.0 Å². The van der Waals surface area contributed by atoms with Crippen LogP contribution in [0.15, 0.2) is 48.5 Å². The summed E-state index contributed by atoms with van der Waals surface area (Å²) in [6.45, 7) is 0. The molecule has 2 aromatic carbocycles. The number of rotatable bonds is 6. The number of halogens is 6. The molecule has 0 aliphatic heterocycles. The Morgan fingerprint density at radius 3 is 1.44 bits per heavy atom. The first-order valence-electron chi connectivity index (χ1n) is 6.93. The highest BCUT2D eigenvalue weighted by Gasteiger charge is 2.51. The van der Waals surface area contributed by atoms with Crippen LogP contribution in [0.25, 0.3) is 0 Å². The van der Waals surface area contributed by atoms with E-state index in [4.69, 9.17) is 23.2 Å². The fraction of sp³-hybridized carbons (Fsp3) is 0.250. The molecule has 0 amide bonds. The summed E-state index contributed by atoms with van der Waals surface area (Å²) in [6.07, 6.45) is 0.370. The van der Waals surface area contributed by atoms with E-state index in [1.807, 2.05) is 12.1 Å². The Bertz CT molecular complexity index is 804. The fourth-order valence-corrected chi connectivity index (χ4v) is 11.0. The zero-order chi connectivity index (χ0) is 18.9. The van der Waals surface area contributed by atoms with E-state index in [0.29, 0.717) is 10.0 Å². The molecular weight excluding hydrogens is 647 g/mol. The van der Waals surface area contributed by atoms with E-state index in [-0.39, 0.29) is 12.8 Å². The van der Waals surface area contributed by atoms with Crippen molar-refractivity contribution in [1.82, 2.24) is 0 Å². The quantitative estimate of drug-likeness (QED) is 0.311. The van der Waals surface area contributed by atoms with Crippen LogP contribution in [0.4, 0.5) is 0 Å². The smallest absolute Gasteiger partial charge is 0.202 e. The van der Waals surface area contributed by atoms with Crippen molar-refractivity contribution in [3.8, 4) is 0 Å². The van der Waals surface area contributed by atoms with Crippen molar-refractivity contribution in [2.24, 2.45) is 0 Å². The Labute approximate surface area is 191 Å². The molecule has 0 heterocycles. The first-order chi connectivity index (χ1) is 11.4. The molecule has 0 aliphatic carbocycles. The molecule has 2 aromatic rings. The number of hydrogen-bond donors (Lipinski definition) is 0. The highest BCUT2D eigenvalue weighted by Crippen LogP contribution is 2.49. The molecule has 0 atom stereocenters.